The third-order valence-corrected chi connectivity index (χ3v) is 4.35. The van der Waals surface area contributed by atoms with Crippen LogP contribution in [0.1, 0.15) is 11.1 Å². The Labute approximate surface area is 139 Å². The molecule has 1 heterocycles. The Kier molecular flexibility index (Phi) is 5.05. The highest BCUT2D eigenvalue weighted by Crippen LogP contribution is 2.36. The van der Waals surface area contributed by atoms with Gasteiger partial charge in [-0.1, -0.05) is 17.7 Å². The lowest BCUT2D eigenvalue weighted by atomic mass is 9.99. The summed E-state index contributed by atoms with van der Waals surface area (Å²) < 4.78 is 28.8. The molecule has 3 rings (SSSR count). The molecule has 0 amide bonds. The molecule has 3 N–H and O–H groups in total. The molecule has 0 unspecified atom stereocenters. The second-order valence-corrected chi connectivity index (χ2v) is 5.59. The zero-order valence-electron chi connectivity index (χ0n) is 11.3. The molecule has 0 aliphatic carbocycles. The van der Waals surface area contributed by atoms with Gasteiger partial charge in [0, 0.05) is 16.3 Å². The molecule has 1 aliphatic heterocycles. The molecule has 0 fully saturated rings. The van der Waals surface area contributed by atoms with Crippen LogP contribution in [0, 0.1) is 11.6 Å². The Balaban J connectivity index is 0.00000176. The minimum Gasteiger partial charge on any atom is -0.344 e. The van der Waals surface area contributed by atoms with Crippen LogP contribution in [0.2, 0.25) is 5.02 Å². The van der Waals surface area contributed by atoms with E-state index in [1.807, 2.05) is 0 Å². The molecular weight excluding hydrogens is 376 g/mol. The molecule has 2 aromatic rings. The van der Waals surface area contributed by atoms with Crippen molar-refractivity contribution in [3.63, 3.8) is 0 Å². The number of fused-ring (bicyclic) bond motifs is 1. The fourth-order valence-corrected chi connectivity index (χ4v) is 2.73. The number of nitrogens with zero attached hydrogens (tertiary/aromatic N) is 2. The van der Waals surface area contributed by atoms with Crippen LogP contribution in [-0.2, 0) is 0 Å². The quantitative estimate of drug-likeness (QED) is 0.728. The van der Waals surface area contributed by atoms with Crippen LogP contribution in [0.5, 0.6) is 0 Å². The second-order valence-electron chi connectivity index (χ2n) is 4.35. The molecule has 2 aromatic carbocycles. The summed E-state index contributed by atoms with van der Waals surface area (Å²) >= 11 is 9.60. The summed E-state index contributed by atoms with van der Waals surface area (Å²) in [5.41, 5.74) is 0.930. The first-order chi connectivity index (χ1) is 10.1. The molecule has 0 atom stereocenters. The molecule has 0 saturated carbocycles. The summed E-state index contributed by atoms with van der Waals surface area (Å²) in [4.78, 5) is 8.47. The zero-order valence-corrected chi connectivity index (χ0v) is 13.6. The maximum Gasteiger partial charge on any atom is 0.135 e. The maximum absolute atomic E-state index is 14.1. The Morgan fingerprint density at radius 3 is 2.41 bits per heavy atom. The molecular formula is C15H11BrClF2N3. The Bertz CT molecular complexity index is 770. The summed E-state index contributed by atoms with van der Waals surface area (Å²) in [6, 6.07) is 7.16. The number of aliphatic imine (C=N–C) groups is 2. The van der Waals surface area contributed by atoms with Crippen LogP contribution < -0.4 is 6.15 Å². The fraction of sp³-hybridized carbons (Fsp3) is 0.0667. The van der Waals surface area contributed by atoms with E-state index in [1.54, 1.807) is 18.3 Å². The number of hydrogen-bond acceptors (Lipinski definition) is 3. The van der Waals surface area contributed by atoms with Gasteiger partial charge in [-0.2, -0.15) is 0 Å². The van der Waals surface area contributed by atoms with Gasteiger partial charge >= 0.3 is 0 Å². The van der Waals surface area contributed by atoms with E-state index < -0.39 is 11.6 Å². The third-order valence-electron chi connectivity index (χ3n) is 3.07. The third kappa shape index (κ3) is 2.82. The number of hydrogen-bond donors (Lipinski definition) is 1. The van der Waals surface area contributed by atoms with E-state index in [2.05, 4.69) is 25.9 Å². The largest absolute Gasteiger partial charge is 0.344 e. The topological polar surface area (TPSA) is 59.7 Å². The summed E-state index contributed by atoms with van der Waals surface area (Å²) in [6.07, 6.45) is 1.58. The van der Waals surface area contributed by atoms with E-state index in [1.165, 1.54) is 18.2 Å². The van der Waals surface area contributed by atoms with Crippen LogP contribution >= 0.6 is 27.5 Å². The van der Waals surface area contributed by atoms with Gasteiger partial charge in [0.25, 0.3) is 0 Å². The SMILES string of the molecule is Fc1cccc(F)c1C1=NCC=Nc2ccc(Br)c(Cl)c21.N. The first-order valence-electron chi connectivity index (χ1n) is 6.09. The van der Waals surface area contributed by atoms with Crippen LogP contribution in [0.4, 0.5) is 14.5 Å². The highest BCUT2D eigenvalue weighted by Gasteiger charge is 2.23. The Morgan fingerprint density at radius 2 is 1.73 bits per heavy atom. The molecule has 0 bridgehead atoms. The molecule has 3 nitrogen and oxygen atoms in total. The van der Waals surface area contributed by atoms with Crippen LogP contribution in [0.25, 0.3) is 0 Å². The van der Waals surface area contributed by atoms with Crippen LogP contribution in [0.15, 0.2) is 44.8 Å². The van der Waals surface area contributed by atoms with E-state index in [-0.39, 0.29) is 24.0 Å². The van der Waals surface area contributed by atoms with Crippen molar-refractivity contribution in [1.29, 1.82) is 0 Å². The highest BCUT2D eigenvalue weighted by atomic mass is 79.9. The fourth-order valence-electron chi connectivity index (χ4n) is 2.15. The standard InChI is InChI=1S/C15H8BrClF2N2.H3N/c16-8-4-5-11-13(14(8)17)15(21-7-6-20-11)12-9(18)2-1-3-10(12)19;/h1-6H,7H2;1H3. The van der Waals surface area contributed by atoms with Crippen molar-refractivity contribution in [3.05, 3.63) is 62.6 Å². The second kappa shape index (κ2) is 6.64. The first kappa shape index (κ1) is 16.7. The predicted molar refractivity (Wildman–Crippen MR) is 89.2 cm³/mol. The zero-order chi connectivity index (χ0) is 15.0. The monoisotopic (exact) mass is 385 g/mol. The van der Waals surface area contributed by atoms with E-state index in [0.29, 0.717) is 20.7 Å². The summed E-state index contributed by atoms with van der Waals surface area (Å²) in [5.74, 6) is -1.37. The van der Waals surface area contributed by atoms with Crippen molar-refractivity contribution >= 4 is 45.1 Å². The van der Waals surface area contributed by atoms with Crippen molar-refractivity contribution in [1.82, 2.24) is 6.15 Å². The number of rotatable bonds is 1. The average Bonchev–Trinajstić information content (AvgIpc) is 2.66. The van der Waals surface area contributed by atoms with Gasteiger partial charge in [-0.25, -0.2) is 8.78 Å². The molecule has 0 radical (unpaired) electrons. The molecule has 1 aliphatic rings. The molecule has 0 spiro atoms. The van der Waals surface area contributed by atoms with Gasteiger partial charge < -0.3 is 6.15 Å². The van der Waals surface area contributed by atoms with Crippen molar-refractivity contribution < 1.29 is 8.78 Å². The van der Waals surface area contributed by atoms with Crippen LogP contribution in [0.3, 0.4) is 0 Å². The molecule has 7 heteroatoms. The average molecular weight is 387 g/mol. The van der Waals surface area contributed by atoms with Gasteiger partial charge in [0.2, 0.25) is 0 Å². The lowest BCUT2D eigenvalue weighted by Gasteiger charge is -2.13. The Hall–Kier alpha value is -1.63. The maximum atomic E-state index is 14.1. The molecule has 114 valence electrons. The van der Waals surface area contributed by atoms with E-state index in [0.717, 1.165) is 0 Å². The van der Waals surface area contributed by atoms with Crippen LogP contribution in [-0.4, -0.2) is 18.5 Å². The smallest absolute Gasteiger partial charge is 0.135 e. The lowest BCUT2D eigenvalue weighted by Crippen LogP contribution is -2.10. The van der Waals surface area contributed by atoms with E-state index in [4.69, 9.17) is 11.6 Å². The van der Waals surface area contributed by atoms with Crippen molar-refractivity contribution in [2.45, 2.75) is 0 Å². The first-order valence-corrected chi connectivity index (χ1v) is 7.26. The van der Waals surface area contributed by atoms with Crippen molar-refractivity contribution in [2.24, 2.45) is 9.98 Å². The van der Waals surface area contributed by atoms with Crippen molar-refractivity contribution in [3.8, 4) is 0 Å². The summed E-state index contributed by atoms with van der Waals surface area (Å²) in [5, 5.41) is 0.327. The molecule has 0 saturated heterocycles. The molecule has 22 heavy (non-hydrogen) atoms. The van der Waals surface area contributed by atoms with Gasteiger partial charge in [0.1, 0.15) is 11.6 Å². The minimum absolute atomic E-state index is 0. The van der Waals surface area contributed by atoms with E-state index in [9.17, 15) is 8.78 Å². The van der Waals surface area contributed by atoms with Crippen molar-refractivity contribution in [2.75, 3.05) is 6.54 Å². The van der Waals surface area contributed by atoms with Gasteiger partial charge in [0.15, 0.2) is 0 Å². The number of halogens is 4. The van der Waals surface area contributed by atoms with E-state index >= 15 is 0 Å². The van der Waals surface area contributed by atoms with Gasteiger partial charge in [-0.05, 0) is 40.2 Å². The predicted octanol–water partition coefficient (Wildman–Crippen LogP) is 5.10. The lowest BCUT2D eigenvalue weighted by molar-refractivity contribution is 0.579. The van der Waals surface area contributed by atoms with Gasteiger partial charge in [-0.15, -0.1) is 0 Å². The molecule has 0 aromatic heterocycles. The summed E-state index contributed by atoms with van der Waals surface area (Å²) in [6.45, 7) is 0.228. The Morgan fingerprint density at radius 1 is 1.05 bits per heavy atom. The summed E-state index contributed by atoms with van der Waals surface area (Å²) in [7, 11) is 0. The minimum atomic E-state index is -0.683. The number of benzene rings is 2. The van der Waals surface area contributed by atoms with Gasteiger partial charge in [-0.3, -0.25) is 9.98 Å². The normalized spacial score (nSPS) is 13.0. The highest BCUT2D eigenvalue weighted by molar-refractivity contribution is 9.10. The van der Waals surface area contributed by atoms with Gasteiger partial charge in [0.05, 0.1) is 28.5 Å².